The van der Waals surface area contributed by atoms with Crippen LogP contribution in [0.1, 0.15) is 31.4 Å². The summed E-state index contributed by atoms with van der Waals surface area (Å²) in [6.45, 7) is 3.65. The number of carbonyl (C=O) groups excluding carboxylic acids is 2. The molecule has 1 amide bonds. The zero-order valence-corrected chi connectivity index (χ0v) is 18.0. The molecule has 1 N–H and O–H groups in total. The number of thiophene rings is 1. The number of anilines is 1. The summed E-state index contributed by atoms with van der Waals surface area (Å²) in [5, 5.41) is 4.10. The van der Waals surface area contributed by atoms with Gasteiger partial charge in [-0.2, -0.15) is 0 Å². The van der Waals surface area contributed by atoms with Crippen LogP contribution in [0.25, 0.3) is 21.9 Å². The molecule has 0 unspecified atom stereocenters. The molecule has 0 saturated carbocycles. The van der Waals surface area contributed by atoms with Gasteiger partial charge >= 0.3 is 11.6 Å². The number of ether oxygens (including phenoxy) is 1. The second-order valence-electron chi connectivity index (χ2n) is 6.94. The number of esters is 1. The van der Waals surface area contributed by atoms with E-state index in [1.807, 2.05) is 37.3 Å². The van der Waals surface area contributed by atoms with Gasteiger partial charge in [-0.1, -0.05) is 48.5 Å². The molecule has 0 radical (unpaired) electrons. The molecule has 4 rings (SSSR count). The monoisotopic (exact) mass is 433 g/mol. The number of carbonyl (C=O) groups is 2. The van der Waals surface area contributed by atoms with Crippen LogP contribution in [-0.4, -0.2) is 19.0 Å². The van der Waals surface area contributed by atoms with E-state index in [0.717, 1.165) is 16.0 Å². The average molecular weight is 433 g/mol. The van der Waals surface area contributed by atoms with Crippen molar-refractivity contribution >= 4 is 39.0 Å². The Labute approximate surface area is 182 Å². The highest BCUT2D eigenvalue weighted by Gasteiger charge is 2.26. The van der Waals surface area contributed by atoms with E-state index in [4.69, 9.17) is 9.15 Å². The number of aryl methyl sites for hydroxylation is 1. The smallest absolute Gasteiger partial charge is 0.344 e. The highest BCUT2D eigenvalue weighted by atomic mass is 32.1. The molecule has 156 valence electrons. The third-order valence-electron chi connectivity index (χ3n) is 5.11. The third-order valence-corrected chi connectivity index (χ3v) is 6.23. The summed E-state index contributed by atoms with van der Waals surface area (Å²) < 4.78 is 10.4. The van der Waals surface area contributed by atoms with Crippen molar-refractivity contribution in [3.8, 4) is 11.1 Å². The topological polar surface area (TPSA) is 85.6 Å². The van der Waals surface area contributed by atoms with Gasteiger partial charge in [0.1, 0.15) is 5.00 Å². The molecular weight excluding hydrogens is 414 g/mol. The molecule has 0 aliphatic carbocycles. The lowest BCUT2D eigenvalue weighted by Gasteiger charge is -2.12. The first-order valence-corrected chi connectivity index (χ1v) is 10.3. The third kappa shape index (κ3) is 3.64. The molecule has 0 fully saturated rings. The Balaban J connectivity index is 1.90. The van der Waals surface area contributed by atoms with Crippen LogP contribution in [-0.2, 0) is 4.74 Å². The van der Waals surface area contributed by atoms with Crippen LogP contribution in [0.2, 0.25) is 0 Å². The van der Waals surface area contributed by atoms with E-state index in [0.29, 0.717) is 26.9 Å². The van der Waals surface area contributed by atoms with Crippen LogP contribution in [0.15, 0.2) is 63.8 Å². The molecule has 31 heavy (non-hydrogen) atoms. The maximum Gasteiger partial charge on any atom is 0.344 e. The maximum absolute atomic E-state index is 13.3. The second-order valence-corrected chi connectivity index (χ2v) is 8.16. The van der Waals surface area contributed by atoms with Crippen molar-refractivity contribution in [1.29, 1.82) is 0 Å². The van der Waals surface area contributed by atoms with Crippen molar-refractivity contribution < 1.29 is 18.7 Å². The van der Waals surface area contributed by atoms with E-state index in [1.54, 1.807) is 31.2 Å². The van der Waals surface area contributed by atoms with Gasteiger partial charge in [-0.25, -0.2) is 9.59 Å². The molecule has 6 nitrogen and oxygen atoms in total. The van der Waals surface area contributed by atoms with Crippen molar-refractivity contribution in [3.05, 3.63) is 86.8 Å². The molecular formula is C24H19NO5S. The molecule has 0 spiro atoms. The highest BCUT2D eigenvalue weighted by molar-refractivity contribution is 7.16. The first-order chi connectivity index (χ1) is 14.9. The van der Waals surface area contributed by atoms with E-state index >= 15 is 0 Å². The van der Waals surface area contributed by atoms with Crippen LogP contribution >= 0.6 is 11.3 Å². The molecule has 0 bridgehead atoms. The van der Waals surface area contributed by atoms with Crippen LogP contribution in [0.5, 0.6) is 0 Å². The number of benzene rings is 2. The number of nitrogens with one attached hydrogen (secondary N) is 1. The largest absolute Gasteiger partial charge is 0.465 e. The number of fused-ring (bicyclic) bond motifs is 1. The van der Waals surface area contributed by atoms with Gasteiger partial charge in [-0.3, -0.25) is 4.79 Å². The van der Waals surface area contributed by atoms with Crippen LogP contribution in [0.3, 0.4) is 0 Å². The Morgan fingerprint density at radius 2 is 1.61 bits per heavy atom. The fraction of sp³-hybridized carbons (Fsp3) is 0.125. The Morgan fingerprint density at radius 1 is 0.968 bits per heavy atom. The fourth-order valence-corrected chi connectivity index (χ4v) is 4.52. The normalized spacial score (nSPS) is 10.8. The summed E-state index contributed by atoms with van der Waals surface area (Å²) in [7, 11) is 1.29. The molecule has 0 saturated heterocycles. The van der Waals surface area contributed by atoms with Crippen molar-refractivity contribution in [2.75, 3.05) is 12.4 Å². The lowest BCUT2D eigenvalue weighted by atomic mass is 9.98. The first kappa shape index (κ1) is 20.6. The SMILES string of the molecule is COC(=O)c1c(NC(=O)c2oc(=O)c3ccccc3c2-c2ccccc2)sc(C)c1C. The minimum absolute atomic E-state index is 0.116. The summed E-state index contributed by atoms with van der Waals surface area (Å²) in [6.07, 6.45) is 0. The van der Waals surface area contributed by atoms with Crippen LogP contribution in [0.4, 0.5) is 5.00 Å². The van der Waals surface area contributed by atoms with E-state index in [1.165, 1.54) is 18.4 Å². The number of rotatable bonds is 4. The standard InChI is InChI=1S/C24H19NO5S/c1-13-14(2)31-22(18(13)24(28)29-3)25-21(26)20-19(15-9-5-4-6-10-15)16-11-7-8-12-17(16)23(27)30-20/h4-12H,1-3H3,(H,25,26). The number of hydrogen-bond acceptors (Lipinski definition) is 6. The Morgan fingerprint density at radius 3 is 2.29 bits per heavy atom. The average Bonchev–Trinajstić information content (AvgIpc) is 3.06. The zero-order valence-electron chi connectivity index (χ0n) is 17.1. The summed E-state index contributed by atoms with van der Waals surface area (Å²) >= 11 is 1.26. The number of hydrogen-bond donors (Lipinski definition) is 1. The van der Waals surface area contributed by atoms with Gasteiger partial charge in [0.25, 0.3) is 5.91 Å². The minimum atomic E-state index is -0.617. The summed E-state index contributed by atoms with van der Waals surface area (Å²) in [5.41, 5.74) is 1.67. The van der Waals surface area contributed by atoms with Crippen LogP contribution in [0, 0.1) is 13.8 Å². The molecule has 7 heteroatoms. The van der Waals surface area contributed by atoms with Gasteiger partial charge in [0.2, 0.25) is 5.76 Å². The highest BCUT2D eigenvalue weighted by Crippen LogP contribution is 2.35. The first-order valence-electron chi connectivity index (χ1n) is 9.53. The number of amides is 1. The van der Waals surface area contributed by atoms with Crippen molar-refractivity contribution in [2.45, 2.75) is 13.8 Å². The minimum Gasteiger partial charge on any atom is -0.465 e. The van der Waals surface area contributed by atoms with Crippen molar-refractivity contribution in [3.63, 3.8) is 0 Å². The van der Waals surface area contributed by atoms with Gasteiger partial charge in [-0.05, 0) is 31.0 Å². The molecule has 2 aromatic heterocycles. The van der Waals surface area contributed by atoms with Crippen LogP contribution < -0.4 is 10.9 Å². The summed E-state index contributed by atoms with van der Waals surface area (Å²) in [4.78, 5) is 39.0. The molecule has 0 aliphatic heterocycles. The molecule has 0 atom stereocenters. The Bertz CT molecular complexity index is 1370. The quantitative estimate of drug-likeness (QED) is 0.448. The Hall–Kier alpha value is -3.71. The second kappa shape index (κ2) is 8.20. The number of methoxy groups -OCH3 is 1. The molecule has 0 aliphatic rings. The van der Waals surface area contributed by atoms with Gasteiger partial charge in [-0.15, -0.1) is 11.3 Å². The molecule has 4 aromatic rings. The maximum atomic E-state index is 13.3. The van der Waals surface area contributed by atoms with Gasteiger partial charge in [0.05, 0.1) is 18.1 Å². The van der Waals surface area contributed by atoms with E-state index < -0.39 is 17.5 Å². The summed E-state index contributed by atoms with van der Waals surface area (Å²) in [6, 6.07) is 16.2. The van der Waals surface area contributed by atoms with Gasteiger partial charge in [0.15, 0.2) is 0 Å². The van der Waals surface area contributed by atoms with E-state index in [9.17, 15) is 14.4 Å². The van der Waals surface area contributed by atoms with E-state index in [2.05, 4.69) is 5.32 Å². The summed E-state index contributed by atoms with van der Waals surface area (Å²) in [5.74, 6) is -1.28. The van der Waals surface area contributed by atoms with Crippen molar-refractivity contribution in [1.82, 2.24) is 0 Å². The molecule has 2 heterocycles. The molecule has 2 aromatic carbocycles. The van der Waals surface area contributed by atoms with Gasteiger partial charge < -0.3 is 14.5 Å². The Kier molecular flexibility index (Phi) is 5.44. The van der Waals surface area contributed by atoms with Gasteiger partial charge in [0, 0.05) is 15.8 Å². The predicted molar refractivity (Wildman–Crippen MR) is 121 cm³/mol. The lowest BCUT2D eigenvalue weighted by Crippen LogP contribution is -2.18. The fourth-order valence-electron chi connectivity index (χ4n) is 3.47. The van der Waals surface area contributed by atoms with E-state index in [-0.39, 0.29) is 5.76 Å². The lowest BCUT2D eigenvalue weighted by molar-refractivity contribution is 0.0601. The van der Waals surface area contributed by atoms with Crippen molar-refractivity contribution in [2.24, 2.45) is 0 Å². The zero-order chi connectivity index (χ0) is 22.1. The predicted octanol–water partition coefficient (Wildman–Crippen LogP) is 5.18.